The zero-order valence-corrected chi connectivity index (χ0v) is 19.5. The molecule has 0 unspecified atom stereocenters. The van der Waals surface area contributed by atoms with E-state index in [1.807, 2.05) is 30.3 Å². The molecule has 1 fully saturated rings. The minimum atomic E-state index is -0.979. The van der Waals surface area contributed by atoms with Crippen molar-refractivity contribution in [3.05, 3.63) is 101 Å². The number of benzene rings is 2. The highest BCUT2D eigenvalue weighted by Crippen LogP contribution is 2.39. The predicted molar refractivity (Wildman–Crippen MR) is 127 cm³/mol. The molecule has 1 saturated carbocycles. The highest BCUT2D eigenvalue weighted by Gasteiger charge is 2.46. The van der Waals surface area contributed by atoms with Gasteiger partial charge in [-0.15, -0.1) is 0 Å². The Bertz CT molecular complexity index is 1390. The number of imidazole rings is 1. The first-order valence-electron chi connectivity index (χ1n) is 11.6. The highest BCUT2D eigenvalue weighted by atomic mass is 19.1. The Hall–Kier alpha value is -3.82. The lowest BCUT2D eigenvalue weighted by molar-refractivity contribution is 0.0438. The fraction of sp³-hybridized carbons (Fsp3) is 0.259. The lowest BCUT2D eigenvalue weighted by Crippen LogP contribution is -2.45. The first-order chi connectivity index (χ1) is 17.3. The number of hydrogen-bond donors (Lipinski definition) is 3. The molecule has 0 saturated heterocycles. The topological polar surface area (TPSA) is 96.1 Å². The van der Waals surface area contributed by atoms with Gasteiger partial charge in [-0.05, 0) is 36.8 Å². The third-order valence-electron chi connectivity index (χ3n) is 6.68. The van der Waals surface area contributed by atoms with Gasteiger partial charge in [0.25, 0.3) is 5.91 Å². The molecule has 186 valence electrons. The van der Waals surface area contributed by atoms with Crippen molar-refractivity contribution in [2.75, 3.05) is 0 Å². The van der Waals surface area contributed by atoms with Gasteiger partial charge in [0, 0.05) is 19.0 Å². The number of amides is 1. The van der Waals surface area contributed by atoms with Crippen LogP contribution in [0.1, 0.15) is 40.2 Å². The van der Waals surface area contributed by atoms with Crippen LogP contribution in [0.25, 0.3) is 5.65 Å². The fourth-order valence-corrected chi connectivity index (χ4v) is 4.88. The molecular weight excluding hydrogens is 468 g/mol. The molecule has 1 aliphatic rings. The third-order valence-corrected chi connectivity index (χ3v) is 6.68. The van der Waals surface area contributed by atoms with E-state index in [0.717, 1.165) is 17.7 Å². The van der Waals surface area contributed by atoms with Gasteiger partial charge in [-0.25, -0.2) is 13.8 Å². The number of aliphatic hydroxyl groups excluding tert-OH is 2. The number of aromatic nitrogens is 2. The largest absolute Gasteiger partial charge is 0.485 e. The number of halogens is 2. The zero-order valence-electron chi connectivity index (χ0n) is 19.5. The molecule has 0 bridgehead atoms. The van der Waals surface area contributed by atoms with E-state index < -0.39 is 35.3 Å². The number of hydrogen-bond acceptors (Lipinski definition) is 5. The third kappa shape index (κ3) is 4.20. The molecule has 2 heterocycles. The van der Waals surface area contributed by atoms with Gasteiger partial charge in [-0.1, -0.05) is 36.4 Å². The number of nitrogens with zero attached hydrogens (tertiary/aromatic N) is 2. The van der Waals surface area contributed by atoms with Gasteiger partial charge in [0.2, 0.25) is 0 Å². The van der Waals surface area contributed by atoms with Crippen LogP contribution in [0.4, 0.5) is 8.78 Å². The van der Waals surface area contributed by atoms with Crippen LogP contribution in [-0.4, -0.2) is 37.7 Å². The molecule has 2 aromatic heterocycles. The number of aliphatic hydroxyl groups is 2. The van der Waals surface area contributed by atoms with Crippen molar-refractivity contribution < 1.29 is 28.5 Å². The minimum absolute atomic E-state index is 0.155. The Morgan fingerprint density at radius 3 is 2.39 bits per heavy atom. The van der Waals surface area contributed by atoms with E-state index in [4.69, 9.17) is 4.74 Å². The molecule has 3 N–H and O–H groups in total. The van der Waals surface area contributed by atoms with Crippen LogP contribution < -0.4 is 10.1 Å². The predicted octanol–water partition coefficient (Wildman–Crippen LogP) is 3.64. The van der Waals surface area contributed by atoms with Gasteiger partial charge < -0.3 is 20.3 Å². The second-order valence-electron chi connectivity index (χ2n) is 9.05. The van der Waals surface area contributed by atoms with Crippen molar-refractivity contribution in [2.45, 2.75) is 44.1 Å². The molecule has 2 aromatic carbocycles. The molecule has 2 atom stereocenters. The van der Waals surface area contributed by atoms with Gasteiger partial charge >= 0.3 is 0 Å². The summed E-state index contributed by atoms with van der Waals surface area (Å²) in [6.07, 6.45) is -0.00100. The van der Waals surface area contributed by atoms with E-state index in [0.29, 0.717) is 11.3 Å². The van der Waals surface area contributed by atoms with Crippen LogP contribution in [-0.2, 0) is 12.1 Å². The Labute approximate surface area is 206 Å². The van der Waals surface area contributed by atoms with E-state index in [-0.39, 0.29) is 36.5 Å². The van der Waals surface area contributed by atoms with Gasteiger partial charge in [0.1, 0.15) is 23.9 Å². The van der Waals surface area contributed by atoms with E-state index in [1.165, 1.54) is 6.07 Å². The number of fused-ring (bicyclic) bond motifs is 1. The summed E-state index contributed by atoms with van der Waals surface area (Å²) in [4.78, 5) is 18.1. The maximum Gasteiger partial charge on any atom is 0.270 e. The zero-order chi connectivity index (χ0) is 25.4. The monoisotopic (exact) mass is 493 g/mol. The van der Waals surface area contributed by atoms with E-state index in [2.05, 4.69) is 10.3 Å². The summed E-state index contributed by atoms with van der Waals surface area (Å²) in [6.45, 7) is 1.33. The number of rotatable bonds is 6. The van der Waals surface area contributed by atoms with E-state index in [1.54, 1.807) is 29.7 Å². The minimum Gasteiger partial charge on any atom is -0.485 e. The van der Waals surface area contributed by atoms with Crippen molar-refractivity contribution in [3.63, 3.8) is 0 Å². The molecule has 0 aliphatic heterocycles. The Kier molecular flexibility index (Phi) is 6.19. The second-order valence-corrected chi connectivity index (χ2v) is 9.05. The van der Waals surface area contributed by atoms with Crippen LogP contribution in [0.5, 0.6) is 5.75 Å². The van der Waals surface area contributed by atoms with E-state index >= 15 is 0 Å². The number of pyridine rings is 1. The Morgan fingerprint density at radius 1 is 1.06 bits per heavy atom. The molecule has 1 amide bonds. The van der Waals surface area contributed by atoms with Crippen LogP contribution in [0.3, 0.4) is 0 Å². The summed E-state index contributed by atoms with van der Waals surface area (Å²) >= 11 is 0. The maximum atomic E-state index is 14.0. The number of carbonyl (C=O) groups is 1. The Morgan fingerprint density at radius 2 is 1.72 bits per heavy atom. The van der Waals surface area contributed by atoms with Gasteiger partial charge in [0.05, 0.1) is 29.0 Å². The molecule has 36 heavy (non-hydrogen) atoms. The highest BCUT2D eigenvalue weighted by molar-refractivity contribution is 5.95. The molecule has 5 rings (SSSR count). The van der Waals surface area contributed by atoms with Crippen LogP contribution >= 0.6 is 0 Å². The van der Waals surface area contributed by atoms with Gasteiger partial charge in [-0.3, -0.25) is 9.20 Å². The average molecular weight is 494 g/mol. The molecule has 9 heteroatoms. The average Bonchev–Trinajstić information content (AvgIpc) is 3.35. The van der Waals surface area contributed by atoms with Crippen LogP contribution in [0.15, 0.2) is 66.9 Å². The quantitative estimate of drug-likeness (QED) is 0.381. The molecule has 1 aliphatic carbocycles. The number of carbonyl (C=O) groups excluding carboxylic acids is 1. The van der Waals surface area contributed by atoms with Gasteiger partial charge in [-0.2, -0.15) is 0 Å². The summed E-state index contributed by atoms with van der Waals surface area (Å²) in [5, 5.41) is 23.6. The van der Waals surface area contributed by atoms with E-state index in [9.17, 15) is 23.8 Å². The maximum absolute atomic E-state index is 14.0. The summed E-state index contributed by atoms with van der Waals surface area (Å²) in [5.41, 5.74) is 0.587. The first kappa shape index (κ1) is 23.9. The van der Waals surface area contributed by atoms with Crippen LogP contribution in [0, 0.1) is 18.6 Å². The summed E-state index contributed by atoms with van der Waals surface area (Å²) < 4.78 is 35.3. The molecule has 0 radical (unpaired) electrons. The summed E-state index contributed by atoms with van der Waals surface area (Å²) in [6, 6.07) is 16.1. The van der Waals surface area contributed by atoms with Crippen molar-refractivity contribution in [1.29, 1.82) is 0 Å². The standard InChI is InChI=1S/C27H25F2N3O4/c1-16-24(26(35)31-27(13-21(33)22(34)14-27)17-7-3-2-4-8-17)32-12-6-11-23(25(32)30-16)36-15-18-19(28)9-5-10-20(18)29/h2-12,21-22,33-34H,13-15H2,1H3,(H,31,35)/t21-,22-/m0/s1. The van der Waals surface area contributed by atoms with Crippen molar-refractivity contribution in [1.82, 2.24) is 14.7 Å². The Balaban J connectivity index is 1.47. The first-order valence-corrected chi connectivity index (χ1v) is 11.6. The smallest absolute Gasteiger partial charge is 0.270 e. The molecule has 0 spiro atoms. The van der Waals surface area contributed by atoms with Crippen molar-refractivity contribution >= 4 is 11.6 Å². The SMILES string of the molecule is Cc1nc2c(OCc3c(F)cccc3F)cccn2c1C(=O)NC1(c2ccccc2)C[C@H](O)[C@@H](O)C1. The molecule has 4 aromatic rings. The number of nitrogens with one attached hydrogen (secondary N) is 1. The number of aryl methyl sites for hydroxylation is 1. The lowest BCUT2D eigenvalue weighted by Gasteiger charge is -2.31. The summed E-state index contributed by atoms with van der Waals surface area (Å²) in [7, 11) is 0. The van der Waals surface area contributed by atoms with Crippen molar-refractivity contribution in [3.8, 4) is 5.75 Å². The molecular formula is C27H25F2N3O4. The van der Waals surface area contributed by atoms with Crippen molar-refractivity contribution in [2.24, 2.45) is 0 Å². The fourth-order valence-electron chi connectivity index (χ4n) is 4.88. The lowest BCUT2D eigenvalue weighted by atomic mass is 9.87. The normalized spacial score (nSPS) is 18.9. The molecule has 7 nitrogen and oxygen atoms in total. The van der Waals surface area contributed by atoms with Crippen LogP contribution in [0.2, 0.25) is 0 Å². The number of ether oxygens (including phenoxy) is 1. The summed E-state index contributed by atoms with van der Waals surface area (Å²) in [5.74, 6) is -1.61. The second kappa shape index (κ2) is 9.33. The van der Waals surface area contributed by atoms with Gasteiger partial charge in [0.15, 0.2) is 11.4 Å².